The molecule has 0 spiro atoms. The first-order valence-electron chi connectivity index (χ1n) is 8.71. The van der Waals surface area contributed by atoms with Crippen LogP contribution in [0.25, 0.3) is 0 Å². The summed E-state index contributed by atoms with van der Waals surface area (Å²) in [7, 11) is 1.68. The van der Waals surface area contributed by atoms with Crippen LogP contribution in [0.4, 0.5) is 23.0 Å². The maximum atomic E-state index is 6.28. The Morgan fingerprint density at radius 2 is 1.76 bits per heavy atom. The van der Waals surface area contributed by atoms with Crippen LogP contribution in [-0.2, 0) is 0 Å². The molecule has 1 saturated heterocycles. The van der Waals surface area contributed by atoms with Crippen molar-refractivity contribution in [3.8, 4) is 5.75 Å². The fraction of sp³-hybridized carbons (Fsp3) is 0.444. The van der Waals surface area contributed by atoms with Gasteiger partial charge in [-0.25, -0.2) is 9.97 Å². The summed E-state index contributed by atoms with van der Waals surface area (Å²) in [6.07, 6.45) is 2.61. The fourth-order valence-electron chi connectivity index (χ4n) is 2.99. The van der Waals surface area contributed by atoms with Crippen LogP contribution >= 0.6 is 0 Å². The molecular formula is C18H26N6O. The van der Waals surface area contributed by atoms with Gasteiger partial charge in [0.05, 0.1) is 7.11 Å². The van der Waals surface area contributed by atoms with Crippen molar-refractivity contribution in [2.75, 3.05) is 60.7 Å². The third kappa shape index (κ3) is 3.87. The van der Waals surface area contributed by atoms with Gasteiger partial charge in [-0.2, -0.15) is 0 Å². The van der Waals surface area contributed by atoms with Crippen molar-refractivity contribution in [3.05, 3.63) is 30.6 Å². The van der Waals surface area contributed by atoms with Crippen molar-refractivity contribution in [2.45, 2.75) is 13.3 Å². The molecule has 7 heteroatoms. The molecule has 7 nitrogen and oxygen atoms in total. The number of methoxy groups -OCH3 is 1. The second kappa shape index (κ2) is 7.92. The largest absolute Gasteiger partial charge is 0.497 e. The van der Waals surface area contributed by atoms with Crippen molar-refractivity contribution in [3.63, 3.8) is 0 Å². The molecule has 0 bridgehead atoms. The van der Waals surface area contributed by atoms with Gasteiger partial charge in [0.2, 0.25) is 0 Å². The lowest BCUT2D eigenvalue weighted by molar-refractivity contribution is 0.415. The van der Waals surface area contributed by atoms with E-state index in [0.717, 1.165) is 56.5 Å². The summed E-state index contributed by atoms with van der Waals surface area (Å²) >= 11 is 0. The zero-order valence-corrected chi connectivity index (χ0v) is 14.9. The van der Waals surface area contributed by atoms with Crippen LogP contribution < -0.4 is 25.6 Å². The molecule has 1 aromatic heterocycles. The number of hydrogen-bond acceptors (Lipinski definition) is 7. The Morgan fingerprint density at radius 3 is 2.40 bits per heavy atom. The summed E-state index contributed by atoms with van der Waals surface area (Å²) in [5.74, 6) is 2.43. The number of ether oxygens (including phenoxy) is 1. The smallest absolute Gasteiger partial charge is 0.157 e. The van der Waals surface area contributed by atoms with E-state index in [2.05, 4.69) is 44.1 Å². The molecule has 134 valence electrons. The van der Waals surface area contributed by atoms with E-state index in [1.165, 1.54) is 5.69 Å². The summed E-state index contributed by atoms with van der Waals surface area (Å²) in [5.41, 5.74) is 8.12. The summed E-state index contributed by atoms with van der Waals surface area (Å²) in [6, 6.07) is 8.19. The number of nitrogens with one attached hydrogen (secondary N) is 1. The number of aromatic nitrogens is 2. The number of anilines is 4. The van der Waals surface area contributed by atoms with Gasteiger partial charge in [0.1, 0.15) is 17.8 Å². The summed E-state index contributed by atoms with van der Waals surface area (Å²) in [5, 5.41) is 3.26. The number of benzene rings is 1. The number of nitrogen functional groups attached to an aromatic ring is 1. The third-order valence-electron chi connectivity index (χ3n) is 4.42. The maximum Gasteiger partial charge on any atom is 0.157 e. The molecule has 1 aromatic carbocycles. The number of nitrogens with two attached hydrogens (primary N) is 1. The lowest BCUT2D eigenvalue weighted by atomic mass is 10.2. The van der Waals surface area contributed by atoms with Crippen LogP contribution in [0.3, 0.4) is 0 Å². The average Bonchev–Trinajstić information content (AvgIpc) is 2.67. The van der Waals surface area contributed by atoms with Crippen molar-refractivity contribution in [1.82, 2.24) is 9.97 Å². The van der Waals surface area contributed by atoms with Gasteiger partial charge in [-0.1, -0.05) is 6.92 Å². The van der Waals surface area contributed by atoms with E-state index in [9.17, 15) is 0 Å². The molecule has 0 aliphatic carbocycles. The van der Waals surface area contributed by atoms with E-state index in [1.807, 2.05) is 12.1 Å². The molecular weight excluding hydrogens is 316 g/mol. The van der Waals surface area contributed by atoms with Gasteiger partial charge in [-0.05, 0) is 30.7 Å². The van der Waals surface area contributed by atoms with Crippen molar-refractivity contribution in [1.29, 1.82) is 0 Å². The van der Waals surface area contributed by atoms with Crippen LogP contribution in [-0.4, -0.2) is 49.8 Å². The highest BCUT2D eigenvalue weighted by molar-refractivity contribution is 5.75. The molecule has 3 N–H and O–H groups in total. The van der Waals surface area contributed by atoms with E-state index >= 15 is 0 Å². The quantitative estimate of drug-likeness (QED) is 0.833. The van der Waals surface area contributed by atoms with Gasteiger partial charge in [0.15, 0.2) is 11.6 Å². The SMILES string of the molecule is CCCNc1ncnc(N2CCN(c3ccc(OC)cc3)CC2)c1N. The Kier molecular flexibility index (Phi) is 5.42. The Balaban J connectivity index is 1.65. The molecule has 1 fully saturated rings. The lowest BCUT2D eigenvalue weighted by Crippen LogP contribution is -2.47. The first kappa shape index (κ1) is 17.1. The predicted molar refractivity (Wildman–Crippen MR) is 103 cm³/mol. The molecule has 0 saturated carbocycles. The first-order valence-corrected chi connectivity index (χ1v) is 8.71. The summed E-state index contributed by atoms with van der Waals surface area (Å²) < 4.78 is 5.22. The number of hydrogen-bond donors (Lipinski definition) is 2. The summed E-state index contributed by atoms with van der Waals surface area (Å²) in [6.45, 7) is 6.57. The van der Waals surface area contributed by atoms with Crippen molar-refractivity contribution < 1.29 is 4.74 Å². The normalized spacial score (nSPS) is 14.5. The molecule has 0 atom stereocenters. The van der Waals surface area contributed by atoms with Crippen LogP contribution in [0, 0.1) is 0 Å². The van der Waals surface area contributed by atoms with Crippen molar-refractivity contribution >= 4 is 23.0 Å². The van der Waals surface area contributed by atoms with Gasteiger partial charge in [-0.15, -0.1) is 0 Å². The molecule has 1 aliphatic rings. The van der Waals surface area contributed by atoms with E-state index in [4.69, 9.17) is 10.5 Å². The standard InChI is InChI=1S/C18H26N6O/c1-3-8-20-17-16(19)18(22-13-21-17)24-11-9-23(10-12-24)14-4-6-15(25-2)7-5-14/h4-7,13H,3,8-12,19H2,1-2H3,(H,20,21,22). The van der Waals surface area contributed by atoms with Gasteiger partial charge in [-0.3, -0.25) is 0 Å². The topological polar surface area (TPSA) is 79.5 Å². The first-order chi connectivity index (χ1) is 12.2. The Morgan fingerprint density at radius 1 is 1.08 bits per heavy atom. The minimum Gasteiger partial charge on any atom is -0.497 e. The van der Waals surface area contributed by atoms with E-state index in [-0.39, 0.29) is 0 Å². The average molecular weight is 342 g/mol. The molecule has 3 rings (SSSR count). The van der Waals surface area contributed by atoms with Crippen molar-refractivity contribution in [2.24, 2.45) is 0 Å². The number of piperazine rings is 1. The highest BCUT2D eigenvalue weighted by Crippen LogP contribution is 2.28. The highest BCUT2D eigenvalue weighted by Gasteiger charge is 2.21. The van der Waals surface area contributed by atoms with E-state index in [1.54, 1.807) is 13.4 Å². The third-order valence-corrected chi connectivity index (χ3v) is 4.42. The Labute approximate surface area is 148 Å². The number of rotatable bonds is 6. The van der Waals surface area contributed by atoms with Crippen LogP contribution in [0.2, 0.25) is 0 Å². The zero-order chi connectivity index (χ0) is 17.6. The minimum atomic E-state index is 0.633. The van der Waals surface area contributed by atoms with Gasteiger partial charge in [0, 0.05) is 38.4 Å². The second-order valence-electron chi connectivity index (χ2n) is 6.06. The van der Waals surface area contributed by atoms with Gasteiger partial charge in [0.25, 0.3) is 0 Å². The van der Waals surface area contributed by atoms with Crippen LogP contribution in [0.1, 0.15) is 13.3 Å². The molecule has 0 unspecified atom stereocenters. The number of nitrogens with zero attached hydrogens (tertiary/aromatic N) is 4. The fourth-order valence-corrected chi connectivity index (χ4v) is 2.99. The lowest BCUT2D eigenvalue weighted by Gasteiger charge is -2.37. The molecule has 2 aromatic rings. The predicted octanol–water partition coefficient (Wildman–Crippen LogP) is 2.22. The van der Waals surface area contributed by atoms with Gasteiger partial charge >= 0.3 is 0 Å². The summed E-state index contributed by atoms with van der Waals surface area (Å²) in [4.78, 5) is 13.3. The maximum absolute atomic E-state index is 6.28. The second-order valence-corrected chi connectivity index (χ2v) is 6.06. The van der Waals surface area contributed by atoms with E-state index < -0.39 is 0 Å². The molecule has 0 radical (unpaired) electrons. The molecule has 2 heterocycles. The Bertz CT molecular complexity index is 682. The van der Waals surface area contributed by atoms with Crippen LogP contribution in [0.15, 0.2) is 30.6 Å². The monoisotopic (exact) mass is 342 g/mol. The molecule has 0 amide bonds. The van der Waals surface area contributed by atoms with E-state index in [0.29, 0.717) is 5.69 Å². The Hall–Kier alpha value is -2.70. The highest BCUT2D eigenvalue weighted by atomic mass is 16.5. The van der Waals surface area contributed by atoms with Gasteiger partial charge < -0.3 is 25.6 Å². The zero-order valence-electron chi connectivity index (χ0n) is 14.9. The molecule has 1 aliphatic heterocycles. The minimum absolute atomic E-state index is 0.633. The van der Waals surface area contributed by atoms with Crippen LogP contribution in [0.5, 0.6) is 5.75 Å². The molecule has 25 heavy (non-hydrogen) atoms.